The van der Waals surface area contributed by atoms with Gasteiger partial charge in [-0.3, -0.25) is 15.0 Å². The van der Waals surface area contributed by atoms with Crippen molar-refractivity contribution in [3.05, 3.63) is 89.0 Å². The minimum atomic E-state index is -0.379. The number of benzene rings is 3. The van der Waals surface area contributed by atoms with Gasteiger partial charge in [0.1, 0.15) is 11.7 Å². The number of nitrogens with zero attached hydrogens (tertiary/aromatic N) is 2. The molecule has 0 aliphatic heterocycles. The summed E-state index contributed by atoms with van der Waals surface area (Å²) in [6, 6.07) is 21.1. The van der Waals surface area contributed by atoms with Gasteiger partial charge in [-0.25, -0.2) is 4.98 Å². The molecule has 1 aromatic heterocycles. The zero-order chi connectivity index (χ0) is 24.9. The second-order valence-corrected chi connectivity index (χ2v) is 8.28. The van der Waals surface area contributed by atoms with Gasteiger partial charge in [-0.1, -0.05) is 54.1 Å². The molecular formula is C27H27N5O3. The Morgan fingerprint density at radius 2 is 1.71 bits per heavy atom. The first-order valence-corrected chi connectivity index (χ1v) is 11.2. The Hall–Kier alpha value is -4.46. The number of aromatic nitrogens is 2. The van der Waals surface area contributed by atoms with E-state index >= 15 is 0 Å². The lowest BCUT2D eigenvalue weighted by molar-refractivity contribution is -0.140. The maximum absolute atomic E-state index is 12.6. The summed E-state index contributed by atoms with van der Waals surface area (Å²) >= 11 is 0. The van der Waals surface area contributed by atoms with Gasteiger partial charge in [-0.15, -0.1) is 0 Å². The van der Waals surface area contributed by atoms with Crippen LogP contribution >= 0.6 is 0 Å². The normalized spacial score (nSPS) is 10.8. The van der Waals surface area contributed by atoms with E-state index in [1.807, 2.05) is 18.2 Å². The van der Waals surface area contributed by atoms with Crippen molar-refractivity contribution in [1.82, 2.24) is 14.9 Å². The van der Waals surface area contributed by atoms with Crippen molar-refractivity contribution in [2.24, 2.45) is 5.73 Å². The molecule has 178 valence electrons. The number of nitrogens with one attached hydrogen (secondary N) is 2. The van der Waals surface area contributed by atoms with Crippen molar-refractivity contribution >= 4 is 28.7 Å². The molecule has 1 amide bonds. The number of aryl methyl sites for hydroxylation is 1. The van der Waals surface area contributed by atoms with Gasteiger partial charge in [0, 0.05) is 29.8 Å². The number of methoxy groups -OCH3 is 1. The second-order valence-electron chi connectivity index (χ2n) is 8.28. The minimum absolute atomic E-state index is 0.00700. The molecule has 4 N–H and O–H groups in total. The van der Waals surface area contributed by atoms with Crippen molar-refractivity contribution in [3.63, 3.8) is 0 Å². The van der Waals surface area contributed by atoms with E-state index in [1.165, 1.54) is 12.7 Å². The Bertz CT molecular complexity index is 1390. The highest BCUT2D eigenvalue weighted by Gasteiger charge is 2.16. The third-order valence-corrected chi connectivity index (χ3v) is 5.77. The molecule has 3 aromatic carbocycles. The lowest BCUT2D eigenvalue weighted by atomic mass is 10.1. The van der Waals surface area contributed by atoms with Crippen LogP contribution in [0.15, 0.2) is 66.7 Å². The number of amidine groups is 1. The summed E-state index contributed by atoms with van der Waals surface area (Å²) in [6.07, 6.45) is 0.107. The summed E-state index contributed by atoms with van der Waals surface area (Å²) in [5, 5.41) is 10.4. The van der Waals surface area contributed by atoms with E-state index in [9.17, 15) is 9.59 Å². The topological polar surface area (TPSA) is 123 Å². The van der Waals surface area contributed by atoms with E-state index in [2.05, 4.69) is 45.8 Å². The highest BCUT2D eigenvalue weighted by atomic mass is 16.5. The van der Waals surface area contributed by atoms with Gasteiger partial charge in [0.25, 0.3) is 5.91 Å². The molecule has 0 bridgehead atoms. The van der Waals surface area contributed by atoms with E-state index in [1.54, 1.807) is 24.3 Å². The summed E-state index contributed by atoms with van der Waals surface area (Å²) in [5.41, 5.74) is 11.5. The van der Waals surface area contributed by atoms with Crippen LogP contribution in [-0.4, -0.2) is 40.9 Å². The average molecular weight is 470 g/mol. The van der Waals surface area contributed by atoms with Gasteiger partial charge >= 0.3 is 5.97 Å². The molecular weight excluding hydrogens is 442 g/mol. The monoisotopic (exact) mass is 469 g/mol. The van der Waals surface area contributed by atoms with E-state index < -0.39 is 0 Å². The maximum atomic E-state index is 12.6. The second kappa shape index (κ2) is 10.2. The number of rotatable bonds is 8. The number of carbonyl (C=O) groups is 2. The highest BCUT2D eigenvalue weighted by molar-refractivity contribution is 5.98. The third-order valence-electron chi connectivity index (χ3n) is 5.77. The smallest absolute Gasteiger partial charge is 0.307 e. The van der Waals surface area contributed by atoms with Gasteiger partial charge in [0.2, 0.25) is 0 Å². The Morgan fingerprint density at radius 1 is 1.03 bits per heavy atom. The number of imidazole rings is 1. The van der Waals surface area contributed by atoms with Crippen molar-refractivity contribution in [2.75, 3.05) is 13.7 Å². The predicted octanol–water partition coefficient (Wildman–Crippen LogP) is 3.64. The summed E-state index contributed by atoms with van der Waals surface area (Å²) in [6.45, 7) is 2.85. The average Bonchev–Trinajstić information content (AvgIpc) is 3.22. The molecule has 35 heavy (non-hydrogen) atoms. The molecule has 0 saturated carbocycles. The van der Waals surface area contributed by atoms with Crippen molar-refractivity contribution in [2.45, 2.75) is 19.9 Å². The molecule has 8 heteroatoms. The van der Waals surface area contributed by atoms with Crippen LogP contribution in [0.4, 0.5) is 0 Å². The van der Waals surface area contributed by atoms with Crippen LogP contribution in [0.2, 0.25) is 0 Å². The fraction of sp³-hybridized carbons (Fsp3) is 0.185. The van der Waals surface area contributed by atoms with Crippen molar-refractivity contribution in [1.29, 1.82) is 5.41 Å². The van der Waals surface area contributed by atoms with Crippen LogP contribution in [0.5, 0.6) is 0 Å². The number of amides is 1. The molecule has 0 atom stereocenters. The SMILES string of the molecule is COC(=O)CCNC(=O)c1ccc2c(c1)nc(-c1ccc(C(=N)N)cc1)n2Cc1ccc(C)cc1. The standard InChI is InChI=1S/C27H27N5O3/c1-17-3-5-18(6-4-17)16-32-23-12-11-21(27(34)30-14-13-24(33)35-2)15-22(23)31-26(32)20-9-7-19(8-10-20)25(28)29/h3-12,15H,13-14,16H2,1-2H3,(H3,28,29)(H,30,34). The largest absolute Gasteiger partial charge is 0.469 e. The maximum Gasteiger partial charge on any atom is 0.307 e. The first-order valence-electron chi connectivity index (χ1n) is 11.2. The van der Waals surface area contributed by atoms with E-state index in [0.29, 0.717) is 23.2 Å². The Balaban J connectivity index is 1.71. The lowest BCUT2D eigenvalue weighted by Gasteiger charge is -2.11. The molecule has 4 aromatic rings. The fourth-order valence-corrected chi connectivity index (χ4v) is 3.81. The molecule has 0 fully saturated rings. The van der Waals surface area contributed by atoms with E-state index in [0.717, 1.165) is 22.5 Å². The van der Waals surface area contributed by atoms with Crippen LogP contribution in [0.25, 0.3) is 22.4 Å². The van der Waals surface area contributed by atoms with Crippen LogP contribution in [-0.2, 0) is 16.1 Å². The lowest BCUT2D eigenvalue weighted by Crippen LogP contribution is -2.26. The first-order chi connectivity index (χ1) is 16.9. The van der Waals surface area contributed by atoms with Crippen LogP contribution in [0, 0.1) is 12.3 Å². The molecule has 0 spiro atoms. The number of nitrogens with two attached hydrogens (primary N) is 1. The van der Waals surface area contributed by atoms with Crippen molar-refractivity contribution in [3.8, 4) is 11.4 Å². The fourth-order valence-electron chi connectivity index (χ4n) is 3.81. The number of hydrogen-bond acceptors (Lipinski definition) is 5. The van der Waals surface area contributed by atoms with E-state index in [-0.39, 0.29) is 30.7 Å². The quantitative estimate of drug-likeness (QED) is 0.207. The van der Waals surface area contributed by atoms with Gasteiger partial charge < -0.3 is 20.4 Å². The van der Waals surface area contributed by atoms with Gasteiger partial charge in [0.15, 0.2) is 0 Å². The van der Waals surface area contributed by atoms with Crippen molar-refractivity contribution < 1.29 is 14.3 Å². The zero-order valence-electron chi connectivity index (χ0n) is 19.7. The van der Waals surface area contributed by atoms with Crippen LogP contribution < -0.4 is 11.1 Å². The van der Waals surface area contributed by atoms with E-state index in [4.69, 9.17) is 16.1 Å². The molecule has 4 rings (SSSR count). The highest BCUT2D eigenvalue weighted by Crippen LogP contribution is 2.27. The Kier molecular flexibility index (Phi) is 6.91. The Labute approximate surface area is 203 Å². The molecule has 8 nitrogen and oxygen atoms in total. The summed E-state index contributed by atoms with van der Waals surface area (Å²) < 4.78 is 6.72. The molecule has 0 aliphatic carbocycles. The number of ether oxygens (including phenoxy) is 1. The summed E-state index contributed by atoms with van der Waals surface area (Å²) in [5.74, 6) is 0.0961. The third kappa shape index (κ3) is 5.38. The zero-order valence-corrected chi connectivity index (χ0v) is 19.7. The van der Waals surface area contributed by atoms with Gasteiger partial charge in [0.05, 0.1) is 24.6 Å². The van der Waals surface area contributed by atoms with Crippen LogP contribution in [0.1, 0.15) is 33.5 Å². The molecule has 0 saturated heterocycles. The summed E-state index contributed by atoms with van der Waals surface area (Å²) in [7, 11) is 1.32. The molecule has 0 unspecified atom stereocenters. The van der Waals surface area contributed by atoms with Crippen LogP contribution in [0.3, 0.4) is 0 Å². The summed E-state index contributed by atoms with van der Waals surface area (Å²) in [4.78, 5) is 28.8. The number of carbonyl (C=O) groups excluding carboxylic acids is 2. The number of esters is 1. The minimum Gasteiger partial charge on any atom is -0.469 e. The number of nitrogen functional groups attached to an aromatic ring is 1. The number of hydrogen-bond donors (Lipinski definition) is 3. The van der Waals surface area contributed by atoms with Gasteiger partial charge in [-0.05, 0) is 30.7 Å². The number of fused-ring (bicyclic) bond motifs is 1. The first kappa shape index (κ1) is 23.7. The molecule has 1 heterocycles. The molecule has 0 aliphatic rings. The Morgan fingerprint density at radius 3 is 2.37 bits per heavy atom. The van der Waals surface area contributed by atoms with Gasteiger partial charge in [-0.2, -0.15) is 0 Å². The molecule has 0 radical (unpaired) electrons. The predicted molar refractivity (Wildman–Crippen MR) is 135 cm³/mol.